The van der Waals surface area contributed by atoms with Crippen molar-refractivity contribution >= 4 is 41.0 Å². The van der Waals surface area contributed by atoms with Crippen LogP contribution in [0.5, 0.6) is 0 Å². The molecule has 5 rings (SSSR count). The van der Waals surface area contributed by atoms with Crippen molar-refractivity contribution in [2.45, 2.75) is 89.4 Å². The Morgan fingerprint density at radius 3 is 2.33 bits per heavy atom. The highest BCUT2D eigenvalue weighted by Crippen LogP contribution is 2.31. The Bertz CT molecular complexity index is 1940. The maximum Gasteiger partial charge on any atom is 0.312 e. The molecule has 1 heterocycles. The topological polar surface area (TPSA) is 180 Å². The zero-order valence-electron chi connectivity index (χ0n) is 32.6. The van der Waals surface area contributed by atoms with Crippen molar-refractivity contribution in [3.05, 3.63) is 125 Å². The lowest BCUT2D eigenvalue weighted by atomic mass is 9.89. The molecule has 0 aromatic heterocycles. The third-order valence-electron chi connectivity index (χ3n) is 10.7. The van der Waals surface area contributed by atoms with E-state index >= 15 is 0 Å². The Hall–Kier alpha value is -6.04. The summed E-state index contributed by atoms with van der Waals surface area (Å²) in [6.07, 6.45) is 6.60. The first-order chi connectivity index (χ1) is 27.5. The number of benzene rings is 3. The van der Waals surface area contributed by atoms with Crippen molar-refractivity contribution in [2.75, 3.05) is 13.1 Å². The molecule has 0 bridgehead atoms. The molecule has 1 aliphatic carbocycles. The minimum absolute atomic E-state index is 0.157. The van der Waals surface area contributed by atoms with Crippen LogP contribution >= 0.6 is 0 Å². The van der Waals surface area contributed by atoms with Crippen LogP contribution in [0.25, 0.3) is 5.57 Å². The van der Waals surface area contributed by atoms with Gasteiger partial charge in [0.1, 0.15) is 12.1 Å². The van der Waals surface area contributed by atoms with E-state index in [0.717, 1.165) is 39.5 Å². The lowest BCUT2D eigenvalue weighted by molar-refractivity contribution is -0.145. The van der Waals surface area contributed by atoms with Crippen LogP contribution in [0.2, 0.25) is 0 Å². The van der Waals surface area contributed by atoms with Crippen LogP contribution in [-0.4, -0.2) is 71.6 Å². The maximum atomic E-state index is 14.5. The monoisotopic (exact) mass is 774 g/mol. The molecule has 12 heteroatoms. The number of hydrogen-bond donors (Lipinski definition) is 5. The number of urea groups is 1. The predicted octanol–water partition coefficient (Wildman–Crippen LogP) is 4.44. The van der Waals surface area contributed by atoms with Crippen LogP contribution < -0.4 is 27.0 Å². The smallest absolute Gasteiger partial charge is 0.312 e. The first-order valence-corrected chi connectivity index (χ1v) is 19.8. The molecule has 1 saturated heterocycles. The number of hydrogen-bond acceptors (Lipinski definition) is 6. The van der Waals surface area contributed by atoms with Gasteiger partial charge in [-0.05, 0) is 79.4 Å². The summed E-state index contributed by atoms with van der Waals surface area (Å²) in [5.74, 6) is -2.73. The van der Waals surface area contributed by atoms with Gasteiger partial charge < -0.3 is 31.9 Å². The van der Waals surface area contributed by atoms with E-state index in [1.165, 1.54) is 4.90 Å². The molecule has 300 valence electrons. The van der Waals surface area contributed by atoms with Gasteiger partial charge >= 0.3 is 6.03 Å². The van der Waals surface area contributed by atoms with Crippen LogP contribution in [0.1, 0.15) is 72.8 Å². The van der Waals surface area contributed by atoms with Gasteiger partial charge in [-0.3, -0.25) is 24.0 Å². The normalized spacial score (nSPS) is 16.2. The molecular weight excluding hydrogens is 721 g/mol. The molecule has 6 N–H and O–H groups in total. The fourth-order valence-electron chi connectivity index (χ4n) is 7.54. The van der Waals surface area contributed by atoms with Crippen LogP contribution in [0, 0.1) is 12.8 Å². The van der Waals surface area contributed by atoms with Gasteiger partial charge in [0.05, 0.1) is 6.04 Å². The number of amides is 6. The molecule has 2 aliphatic rings. The van der Waals surface area contributed by atoms with Crippen molar-refractivity contribution in [3.63, 3.8) is 0 Å². The summed E-state index contributed by atoms with van der Waals surface area (Å²) in [5, 5.41) is 11.3. The van der Waals surface area contributed by atoms with E-state index < -0.39 is 41.9 Å². The molecule has 0 unspecified atom stereocenters. The van der Waals surface area contributed by atoms with E-state index in [0.29, 0.717) is 45.1 Å². The quantitative estimate of drug-likeness (QED) is 0.0888. The largest absolute Gasteiger partial charge is 0.352 e. The Labute approximate surface area is 334 Å². The van der Waals surface area contributed by atoms with E-state index in [4.69, 9.17) is 5.73 Å². The van der Waals surface area contributed by atoms with E-state index in [-0.39, 0.29) is 49.9 Å². The number of rotatable bonds is 19. The Kier molecular flexibility index (Phi) is 15.3. The number of nitrogens with one attached hydrogen (secondary N) is 4. The fourth-order valence-corrected chi connectivity index (χ4v) is 7.54. The number of nitrogens with two attached hydrogens (primary N) is 1. The van der Waals surface area contributed by atoms with Gasteiger partial charge in [0.15, 0.2) is 5.78 Å². The molecule has 1 fully saturated rings. The average Bonchev–Trinajstić information content (AvgIpc) is 3.63. The van der Waals surface area contributed by atoms with Crippen molar-refractivity contribution in [1.82, 2.24) is 26.2 Å². The summed E-state index contributed by atoms with van der Waals surface area (Å²) in [6.45, 7) is 6.35. The SMILES string of the molecule is C=CC(=O)N[C@@H](Cc1ccccc1)C(=O)N1CCCC[C@H]1C(=O)N[C@@H](CC1=CCc2ccccc21)C(=O)C[C@@H](CCCNC(N)=O)C(=O)NCc1ccc(C)cc1. The first kappa shape index (κ1) is 42.1. The van der Waals surface area contributed by atoms with E-state index in [1.807, 2.05) is 85.8 Å². The number of piperidine rings is 1. The van der Waals surface area contributed by atoms with Crippen molar-refractivity contribution in [3.8, 4) is 0 Å². The number of fused-ring (bicyclic) bond motifs is 1. The highest BCUT2D eigenvalue weighted by Gasteiger charge is 2.38. The lowest BCUT2D eigenvalue weighted by Gasteiger charge is -2.37. The number of likely N-dealkylation sites (tertiary alicyclic amines) is 1. The summed E-state index contributed by atoms with van der Waals surface area (Å²) in [6, 6.07) is 21.6. The second-order valence-corrected chi connectivity index (χ2v) is 14.9. The Morgan fingerprint density at radius 1 is 0.860 bits per heavy atom. The van der Waals surface area contributed by atoms with Crippen molar-refractivity contribution < 1.29 is 28.8 Å². The first-order valence-electron chi connectivity index (χ1n) is 19.8. The second kappa shape index (κ2) is 20.8. The number of allylic oxidation sites excluding steroid dienone is 1. The molecular formula is C45H54N6O6. The Morgan fingerprint density at radius 2 is 1.60 bits per heavy atom. The zero-order chi connectivity index (χ0) is 40.7. The minimum Gasteiger partial charge on any atom is -0.352 e. The fraction of sp³-hybridized carbons (Fsp3) is 0.378. The summed E-state index contributed by atoms with van der Waals surface area (Å²) >= 11 is 0. The van der Waals surface area contributed by atoms with Crippen LogP contribution in [0.3, 0.4) is 0 Å². The minimum atomic E-state index is -0.995. The number of primary amides is 1. The Balaban J connectivity index is 1.37. The summed E-state index contributed by atoms with van der Waals surface area (Å²) in [7, 11) is 0. The predicted molar refractivity (Wildman–Crippen MR) is 219 cm³/mol. The number of aryl methyl sites for hydroxylation is 1. The van der Waals surface area contributed by atoms with Gasteiger partial charge in [0.2, 0.25) is 23.6 Å². The van der Waals surface area contributed by atoms with Crippen LogP contribution in [0.15, 0.2) is 97.6 Å². The number of carbonyl (C=O) groups excluding carboxylic acids is 6. The van der Waals surface area contributed by atoms with Crippen LogP contribution in [-0.2, 0) is 43.4 Å². The second-order valence-electron chi connectivity index (χ2n) is 14.9. The number of ketones is 1. The van der Waals surface area contributed by atoms with Crippen LogP contribution in [0.4, 0.5) is 4.79 Å². The molecule has 0 saturated carbocycles. The molecule has 1 aliphatic heterocycles. The number of nitrogens with zero attached hydrogens (tertiary/aromatic N) is 1. The van der Waals surface area contributed by atoms with Gasteiger partial charge in [-0.1, -0.05) is 97.1 Å². The average molecular weight is 775 g/mol. The molecule has 12 nitrogen and oxygen atoms in total. The van der Waals surface area contributed by atoms with Gasteiger partial charge in [-0.2, -0.15) is 0 Å². The van der Waals surface area contributed by atoms with E-state index in [2.05, 4.69) is 33.9 Å². The van der Waals surface area contributed by atoms with Crippen molar-refractivity contribution in [2.24, 2.45) is 11.7 Å². The molecule has 4 atom stereocenters. The highest BCUT2D eigenvalue weighted by atomic mass is 16.2. The molecule has 0 radical (unpaired) electrons. The molecule has 57 heavy (non-hydrogen) atoms. The van der Waals surface area contributed by atoms with E-state index in [9.17, 15) is 28.8 Å². The summed E-state index contributed by atoms with van der Waals surface area (Å²) in [4.78, 5) is 82.1. The maximum absolute atomic E-state index is 14.5. The van der Waals surface area contributed by atoms with E-state index in [1.54, 1.807) is 0 Å². The van der Waals surface area contributed by atoms with Crippen molar-refractivity contribution in [1.29, 1.82) is 0 Å². The number of carbonyl (C=O) groups is 6. The lowest BCUT2D eigenvalue weighted by Crippen LogP contribution is -2.59. The number of Topliss-reactive ketones (excluding diaryl/α,β-unsaturated/α-hetero) is 1. The molecule has 0 spiro atoms. The third kappa shape index (κ3) is 12.2. The summed E-state index contributed by atoms with van der Waals surface area (Å²) < 4.78 is 0. The van der Waals surface area contributed by atoms with Gasteiger partial charge in [-0.15, -0.1) is 0 Å². The summed E-state index contributed by atoms with van der Waals surface area (Å²) in [5.41, 5.74) is 11.2. The van der Waals surface area contributed by atoms with Gasteiger partial charge in [0, 0.05) is 44.8 Å². The molecule has 6 amide bonds. The molecule has 3 aromatic rings. The standard InChI is InChI=1S/C45H54N6O6/c1-3-41(53)49-38(26-31-12-5-4-6-13-31)44(56)51-25-10-9-17-39(51)43(55)50-37(27-34-23-22-33-14-7-8-16-36(33)34)40(52)28-35(15-11-24-47-45(46)57)42(54)48-29-32-20-18-30(2)19-21-32/h3-8,12-14,16,18-21,23,35,37-39H,1,9-11,15,17,22,24-29H2,2H3,(H,48,54)(H,49,53)(H,50,55)(H3,46,47,57)/t35-,37+,38+,39+/m1/s1. The van der Waals surface area contributed by atoms with Gasteiger partial charge in [0.25, 0.3) is 0 Å². The highest BCUT2D eigenvalue weighted by molar-refractivity contribution is 5.98. The third-order valence-corrected chi connectivity index (χ3v) is 10.7. The zero-order valence-corrected chi connectivity index (χ0v) is 32.6. The molecule has 3 aromatic carbocycles. The van der Waals surface area contributed by atoms with Gasteiger partial charge in [-0.25, -0.2) is 4.79 Å².